The Kier molecular flexibility index (Phi) is 2.79. The van der Waals surface area contributed by atoms with Crippen LogP contribution in [0.4, 0.5) is 0 Å². The molecule has 0 radical (unpaired) electrons. The van der Waals surface area contributed by atoms with Gasteiger partial charge in [-0.15, -0.1) is 5.10 Å². The summed E-state index contributed by atoms with van der Waals surface area (Å²) in [4.78, 5) is 11.8. The number of nitrogens with zero attached hydrogens (tertiary/aromatic N) is 3. The van der Waals surface area contributed by atoms with Gasteiger partial charge < -0.3 is 4.42 Å². The average Bonchev–Trinajstić information content (AvgIpc) is 2.90. The van der Waals surface area contributed by atoms with Gasteiger partial charge in [-0.05, 0) is 36.2 Å². The number of hydrogen-bond acceptors (Lipinski definition) is 4. The van der Waals surface area contributed by atoms with Crippen LogP contribution < -0.4 is 5.63 Å². The third-order valence-corrected chi connectivity index (χ3v) is 3.73. The first-order chi connectivity index (χ1) is 10.7. The zero-order chi connectivity index (χ0) is 15.1. The fourth-order valence-corrected chi connectivity index (χ4v) is 2.66. The van der Waals surface area contributed by atoms with Crippen molar-refractivity contribution in [2.45, 2.75) is 13.5 Å². The van der Waals surface area contributed by atoms with Gasteiger partial charge >= 0.3 is 5.63 Å². The summed E-state index contributed by atoms with van der Waals surface area (Å²) in [6.45, 7) is 2.45. The lowest BCUT2D eigenvalue weighted by molar-refractivity contribution is 0.556. The molecule has 0 aliphatic carbocycles. The highest BCUT2D eigenvalue weighted by molar-refractivity contribution is 5.81. The summed E-state index contributed by atoms with van der Waals surface area (Å²) in [6.07, 6.45) is 0. The topological polar surface area (TPSA) is 60.9 Å². The van der Waals surface area contributed by atoms with Crippen molar-refractivity contribution in [3.8, 4) is 0 Å². The summed E-state index contributed by atoms with van der Waals surface area (Å²) in [6, 6.07) is 15.1. The number of benzene rings is 2. The number of aromatic nitrogens is 3. The van der Waals surface area contributed by atoms with E-state index in [0.29, 0.717) is 12.1 Å². The molecular formula is C17H13N3O2. The smallest absolute Gasteiger partial charge is 0.336 e. The lowest BCUT2D eigenvalue weighted by atomic mass is 10.1. The van der Waals surface area contributed by atoms with Gasteiger partial charge in [-0.1, -0.05) is 29.5 Å². The van der Waals surface area contributed by atoms with Crippen molar-refractivity contribution in [1.29, 1.82) is 0 Å². The summed E-state index contributed by atoms with van der Waals surface area (Å²) in [5.74, 6) is 0. The van der Waals surface area contributed by atoms with E-state index in [9.17, 15) is 4.79 Å². The number of hydrogen-bond donors (Lipinski definition) is 0. The van der Waals surface area contributed by atoms with Crippen LogP contribution in [0.15, 0.2) is 57.7 Å². The first kappa shape index (κ1) is 12.8. The largest absolute Gasteiger partial charge is 0.423 e. The second-order valence-electron chi connectivity index (χ2n) is 5.33. The second-order valence-corrected chi connectivity index (χ2v) is 5.33. The Morgan fingerprint density at radius 3 is 2.91 bits per heavy atom. The van der Waals surface area contributed by atoms with E-state index in [1.54, 1.807) is 4.68 Å². The standard InChI is InChI=1S/C17H13N3O2/c1-11-6-7-13-12(9-17(21)22-16(13)8-11)10-20-15-5-3-2-4-14(15)18-19-20/h2-9H,10H2,1H3. The SMILES string of the molecule is Cc1ccc2c(Cn3nnc4ccccc43)cc(=O)oc2c1. The molecule has 0 fully saturated rings. The van der Waals surface area contributed by atoms with Crippen molar-refractivity contribution in [3.05, 3.63) is 70.1 Å². The Morgan fingerprint density at radius 2 is 2.00 bits per heavy atom. The molecule has 0 saturated heterocycles. The van der Waals surface area contributed by atoms with Crippen LogP contribution in [-0.4, -0.2) is 15.0 Å². The normalized spacial score (nSPS) is 11.3. The van der Waals surface area contributed by atoms with E-state index in [-0.39, 0.29) is 5.63 Å². The van der Waals surface area contributed by atoms with Gasteiger partial charge in [0.2, 0.25) is 0 Å². The zero-order valence-corrected chi connectivity index (χ0v) is 12.0. The molecule has 5 heteroatoms. The molecule has 0 N–H and O–H groups in total. The van der Waals surface area contributed by atoms with Gasteiger partial charge in [-0.25, -0.2) is 9.48 Å². The molecule has 2 aromatic heterocycles. The number of fused-ring (bicyclic) bond motifs is 2. The van der Waals surface area contributed by atoms with Gasteiger partial charge in [0.25, 0.3) is 0 Å². The van der Waals surface area contributed by atoms with Crippen LogP contribution in [0, 0.1) is 6.92 Å². The van der Waals surface area contributed by atoms with E-state index in [1.165, 1.54) is 6.07 Å². The third kappa shape index (κ3) is 2.07. The van der Waals surface area contributed by atoms with Gasteiger partial charge in [0, 0.05) is 11.5 Å². The van der Waals surface area contributed by atoms with Crippen LogP contribution in [0.25, 0.3) is 22.0 Å². The molecule has 0 spiro atoms. The maximum absolute atomic E-state index is 11.8. The zero-order valence-electron chi connectivity index (χ0n) is 12.0. The number of rotatable bonds is 2. The van der Waals surface area contributed by atoms with Crippen LogP contribution >= 0.6 is 0 Å². The van der Waals surface area contributed by atoms with E-state index in [2.05, 4.69) is 10.3 Å². The van der Waals surface area contributed by atoms with Crippen molar-refractivity contribution in [3.63, 3.8) is 0 Å². The lowest BCUT2D eigenvalue weighted by Gasteiger charge is -2.06. The van der Waals surface area contributed by atoms with Gasteiger partial charge in [-0.2, -0.15) is 0 Å². The van der Waals surface area contributed by atoms with E-state index in [1.807, 2.05) is 49.4 Å². The van der Waals surface area contributed by atoms with Gasteiger partial charge in [-0.3, -0.25) is 0 Å². The predicted octanol–water partition coefficient (Wildman–Crippen LogP) is 2.89. The summed E-state index contributed by atoms with van der Waals surface area (Å²) in [5, 5.41) is 9.24. The van der Waals surface area contributed by atoms with Gasteiger partial charge in [0.05, 0.1) is 12.1 Å². The molecule has 0 unspecified atom stereocenters. The Morgan fingerprint density at radius 1 is 1.14 bits per heavy atom. The first-order valence-electron chi connectivity index (χ1n) is 7.02. The first-order valence-corrected chi connectivity index (χ1v) is 7.02. The fourth-order valence-electron chi connectivity index (χ4n) is 2.66. The molecule has 4 rings (SSSR count). The molecule has 0 atom stereocenters. The molecule has 0 saturated carbocycles. The minimum atomic E-state index is -0.350. The molecule has 22 heavy (non-hydrogen) atoms. The highest BCUT2D eigenvalue weighted by Crippen LogP contribution is 2.20. The molecule has 2 aromatic carbocycles. The molecule has 108 valence electrons. The van der Waals surface area contributed by atoms with Crippen LogP contribution in [0.3, 0.4) is 0 Å². The minimum Gasteiger partial charge on any atom is -0.423 e. The van der Waals surface area contributed by atoms with Crippen molar-refractivity contribution < 1.29 is 4.42 Å². The molecule has 0 aliphatic heterocycles. The quantitative estimate of drug-likeness (QED) is 0.533. The fraction of sp³-hybridized carbons (Fsp3) is 0.118. The highest BCUT2D eigenvalue weighted by Gasteiger charge is 2.09. The van der Waals surface area contributed by atoms with Crippen molar-refractivity contribution in [2.24, 2.45) is 0 Å². The van der Waals surface area contributed by atoms with Crippen molar-refractivity contribution >= 4 is 22.0 Å². The summed E-state index contributed by atoms with van der Waals surface area (Å²) in [5.41, 5.74) is 3.96. The second kappa shape index (κ2) is 4.80. The Labute approximate surface area is 125 Å². The average molecular weight is 291 g/mol. The molecule has 2 heterocycles. The van der Waals surface area contributed by atoms with Crippen LogP contribution in [-0.2, 0) is 6.54 Å². The number of aryl methyl sites for hydroxylation is 1. The maximum atomic E-state index is 11.8. The van der Waals surface area contributed by atoms with E-state index in [0.717, 1.165) is 27.5 Å². The van der Waals surface area contributed by atoms with Crippen LogP contribution in [0.2, 0.25) is 0 Å². The van der Waals surface area contributed by atoms with E-state index < -0.39 is 0 Å². The van der Waals surface area contributed by atoms with Crippen LogP contribution in [0.5, 0.6) is 0 Å². The summed E-state index contributed by atoms with van der Waals surface area (Å²) in [7, 11) is 0. The molecule has 0 bridgehead atoms. The highest BCUT2D eigenvalue weighted by atomic mass is 16.4. The van der Waals surface area contributed by atoms with Crippen molar-refractivity contribution in [1.82, 2.24) is 15.0 Å². The van der Waals surface area contributed by atoms with Crippen molar-refractivity contribution in [2.75, 3.05) is 0 Å². The van der Waals surface area contributed by atoms with E-state index >= 15 is 0 Å². The Bertz CT molecular complexity index is 1050. The Balaban J connectivity index is 1.89. The molecule has 5 nitrogen and oxygen atoms in total. The Hall–Kier alpha value is -2.95. The maximum Gasteiger partial charge on any atom is 0.336 e. The molecule has 0 amide bonds. The summed E-state index contributed by atoms with van der Waals surface area (Å²) < 4.78 is 7.08. The lowest BCUT2D eigenvalue weighted by Crippen LogP contribution is -2.07. The molecule has 4 aromatic rings. The third-order valence-electron chi connectivity index (χ3n) is 3.73. The molecule has 0 aliphatic rings. The number of para-hydroxylation sites is 1. The van der Waals surface area contributed by atoms with E-state index in [4.69, 9.17) is 4.42 Å². The predicted molar refractivity (Wildman–Crippen MR) is 83.9 cm³/mol. The van der Waals surface area contributed by atoms with Gasteiger partial charge in [0.15, 0.2) is 0 Å². The molecular weight excluding hydrogens is 278 g/mol. The van der Waals surface area contributed by atoms with Gasteiger partial charge in [0.1, 0.15) is 11.1 Å². The minimum absolute atomic E-state index is 0.350. The monoisotopic (exact) mass is 291 g/mol. The van der Waals surface area contributed by atoms with Crippen LogP contribution in [0.1, 0.15) is 11.1 Å². The summed E-state index contributed by atoms with van der Waals surface area (Å²) >= 11 is 0.